The van der Waals surface area contributed by atoms with Crippen LogP contribution < -0.4 is 5.32 Å². The zero-order chi connectivity index (χ0) is 18.3. The number of carbonyl (C=O) groups is 1. The molecule has 8 heteroatoms. The van der Waals surface area contributed by atoms with Gasteiger partial charge in [0.1, 0.15) is 4.83 Å². The maximum Gasteiger partial charge on any atom is 0.267 e. The number of nitrogens with zero attached hydrogens (tertiary/aromatic N) is 3. The standard InChI is InChI=1S/C18H14N4O3S/c1-9-13-10(2)20-16(12-6-4-8-25-12)22-18(13)26-14(9)17(24)21-15-11(23)5-3-7-19-15/h3-8,23H,1-2H3,(H,19,21,24). The summed E-state index contributed by atoms with van der Waals surface area (Å²) >= 11 is 1.27. The maximum absolute atomic E-state index is 12.7. The van der Waals surface area contributed by atoms with Crippen molar-refractivity contribution in [1.82, 2.24) is 15.0 Å². The van der Waals surface area contributed by atoms with Crippen LogP contribution in [0.5, 0.6) is 5.75 Å². The Hall–Kier alpha value is -3.26. The predicted octanol–water partition coefficient (Wildman–Crippen LogP) is 3.92. The largest absolute Gasteiger partial charge is 0.504 e. The van der Waals surface area contributed by atoms with Crippen molar-refractivity contribution in [2.45, 2.75) is 13.8 Å². The lowest BCUT2D eigenvalue weighted by molar-refractivity contribution is 0.102. The van der Waals surface area contributed by atoms with Crippen LogP contribution in [0.3, 0.4) is 0 Å². The average molecular weight is 366 g/mol. The number of thiophene rings is 1. The molecule has 0 aliphatic carbocycles. The molecule has 0 atom stereocenters. The van der Waals surface area contributed by atoms with Crippen LogP contribution in [0.2, 0.25) is 0 Å². The number of anilines is 1. The van der Waals surface area contributed by atoms with E-state index in [1.807, 2.05) is 13.8 Å². The highest BCUT2D eigenvalue weighted by Crippen LogP contribution is 2.33. The zero-order valence-corrected chi connectivity index (χ0v) is 14.8. The molecule has 4 heterocycles. The Morgan fingerprint density at radius 3 is 2.81 bits per heavy atom. The quantitative estimate of drug-likeness (QED) is 0.570. The summed E-state index contributed by atoms with van der Waals surface area (Å²) in [6.07, 6.45) is 3.06. The van der Waals surface area contributed by atoms with Crippen molar-refractivity contribution >= 4 is 33.3 Å². The van der Waals surface area contributed by atoms with Gasteiger partial charge < -0.3 is 14.8 Å². The summed E-state index contributed by atoms with van der Waals surface area (Å²) in [5.41, 5.74) is 1.57. The molecule has 130 valence electrons. The Labute approximate surface area is 152 Å². The van der Waals surface area contributed by atoms with Crippen molar-refractivity contribution < 1.29 is 14.3 Å². The van der Waals surface area contributed by atoms with Crippen molar-refractivity contribution in [2.24, 2.45) is 0 Å². The molecule has 0 aliphatic rings. The van der Waals surface area contributed by atoms with E-state index in [0.29, 0.717) is 21.3 Å². The molecule has 0 aliphatic heterocycles. The minimum atomic E-state index is -0.349. The fourth-order valence-electron chi connectivity index (χ4n) is 2.73. The number of furan rings is 1. The third-order valence-corrected chi connectivity index (χ3v) is 5.12. The first-order valence-corrected chi connectivity index (χ1v) is 8.63. The second-order valence-corrected chi connectivity index (χ2v) is 6.67. The van der Waals surface area contributed by atoms with Crippen LogP contribution in [-0.4, -0.2) is 26.0 Å². The molecular weight excluding hydrogens is 352 g/mol. The van der Waals surface area contributed by atoms with Gasteiger partial charge in [-0.1, -0.05) is 0 Å². The Morgan fingerprint density at radius 1 is 1.23 bits per heavy atom. The summed E-state index contributed by atoms with van der Waals surface area (Å²) in [4.78, 5) is 26.9. The van der Waals surface area contributed by atoms with Crippen molar-refractivity contribution in [1.29, 1.82) is 0 Å². The maximum atomic E-state index is 12.7. The third kappa shape index (κ3) is 2.70. The number of hydrogen-bond acceptors (Lipinski definition) is 7. The van der Waals surface area contributed by atoms with Crippen LogP contribution in [0.25, 0.3) is 21.8 Å². The molecule has 4 rings (SSSR count). The van der Waals surface area contributed by atoms with E-state index in [0.717, 1.165) is 16.6 Å². The minimum absolute atomic E-state index is 0.0873. The molecule has 2 N–H and O–H groups in total. The minimum Gasteiger partial charge on any atom is -0.504 e. The van der Waals surface area contributed by atoms with Gasteiger partial charge >= 0.3 is 0 Å². The summed E-state index contributed by atoms with van der Waals surface area (Å²) in [5.74, 6) is 0.739. The highest BCUT2D eigenvalue weighted by Gasteiger charge is 2.21. The third-order valence-electron chi connectivity index (χ3n) is 3.94. The van der Waals surface area contributed by atoms with Crippen LogP contribution in [0.4, 0.5) is 5.82 Å². The number of aromatic nitrogens is 3. The number of carbonyl (C=O) groups excluding carboxylic acids is 1. The molecule has 4 aromatic rings. The number of hydrogen-bond donors (Lipinski definition) is 2. The topological polar surface area (TPSA) is 101 Å². The average Bonchev–Trinajstić information content (AvgIpc) is 3.25. The number of aromatic hydroxyl groups is 1. The van der Waals surface area contributed by atoms with Crippen molar-refractivity contribution in [3.63, 3.8) is 0 Å². The molecule has 0 spiro atoms. The first kappa shape index (κ1) is 16.2. The first-order chi connectivity index (χ1) is 12.5. The van der Waals surface area contributed by atoms with Gasteiger partial charge in [-0.25, -0.2) is 15.0 Å². The summed E-state index contributed by atoms with van der Waals surface area (Å²) in [7, 11) is 0. The normalized spacial score (nSPS) is 11.0. The van der Waals surface area contributed by atoms with E-state index in [2.05, 4.69) is 20.3 Å². The highest BCUT2D eigenvalue weighted by atomic mass is 32.1. The molecule has 1 amide bonds. The smallest absolute Gasteiger partial charge is 0.267 e. The van der Waals surface area contributed by atoms with Gasteiger partial charge in [0.15, 0.2) is 23.2 Å². The second kappa shape index (κ2) is 6.23. The number of fused-ring (bicyclic) bond motifs is 1. The van der Waals surface area contributed by atoms with Crippen molar-refractivity contribution in [3.05, 3.63) is 52.9 Å². The number of amides is 1. The van der Waals surface area contributed by atoms with Gasteiger partial charge in [0.05, 0.1) is 16.8 Å². The monoisotopic (exact) mass is 366 g/mol. The molecule has 0 aromatic carbocycles. The summed E-state index contributed by atoms with van der Waals surface area (Å²) in [5, 5.41) is 13.3. The lowest BCUT2D eigenvalue weighted by atomic mass is 10.1. The van der Waals surface area contributed by atoms with E-state index in [9.17, 15) is 9.90 Å². The number of nitrogens with one attached hydrogen (secondary N) is 1. The molecule has 7 nitrogen and oxygen atoms in total. The Morgan fingerprint density at radius 2 is 2.08 bits per heavy atom. The molecular formula is C18H14N4O3S. The van der Waals surface area contributed by atoms with E-state index in [1.165, 1.54) is 23.6 Å². The SMILES string of the molecule is Cc1nc(-c2ccco2)nc2sc(C(=O)Nc3ncccc3O)c(C)c12. The summed E-state index contributed by atoms with van der Waals surface area (Å²) in [6.45, 7) is 3.73. The van der Waals surface area contributed by atoms with E-state index in [-0.39, 0.29) is 17.5 Å². The van der Waals surface area contributed by atoms with Gasteiger partial charge in [0.2, 0.25) is 0 Å². The summed E-state index contributed by atoms with van der Waals surface area (Å²) in [6, 6.07) is 6.62. The van der Waals surface area contributed by atoms with E-state index in [1.54, 1.807) is 24.5 Å². The molecule has 0 unspecified atom stereocenters. The molecule has 0 saturated heterocycles. The van der Waals surface area contributed by atoms with E-state index >= 15 is 0 Å². The predicted molar refractivity (Wildman–Crippen MR) is 98.4 cm³/mol. The summed E-state index contributed by atoms with van der Waals surface area (Å²) < 4.78 is 5.36. The lowest BCUT2D eigenvalue weighted by Crippen LogP contribution is -2.12. The van der Waals surface area contributed by atoms with Gasteiger partial charge in [-0.05, 0) is 43.7 Å². The Bertz CT molecular complexity index is 1120. The lowest BCUT2D eigenvalue weighted by Gasteiger charge is -2.05. The molecule has 26 heavy (non-hydrogen) atoms. The fraction of sp³-hybridized carbons (Fsp3) is 0.111. The Balaban J connectivity index is 1.76. The number of pyridine rings is 1. The molecule has 4 aromatic heterocycles. The molecule has 0 radical (unpaired) electrons. The van der Waals surface area contributed by atoms with Crippen molar-refractivity contribution in [3.8, 4) is 17.3 Å². The molecule has 0 saturated carbocycles. The first-order valence-electron chi connectivity index (χ1n) is 7.81. The van der Waals surface area contributed by atoms with Crippen LogP contribution in [0.15, 0.2) is 41.1 Å². The van der Waals surface area contributed by atoms with Crippen LogP contribution >= 0.6 is 11.3 Å². The van der Waals surface area contributed by atoms with E-state index in [4.69, 9.17) is 4.42 Å². The van der Waals surface area contributed by atoms with Gasteiger partial charge in [0.25, 0.3) is 5.91 Å². The second-order valence-electron chi connectivity index (χ2n) is 5.67. The van der Waals surface area contributed by atoms with Gasteiger partial charge in [-0.2, -0.15) is 0 Å². The van der Waals surface area contributed by atoms with Gasteiger partial charge in [-0.3, -0.25) is 4.79 Å². The van der Waals surface area contributed by atoms with E-state index < -0.39 is 0 Å². The van der Waals surface area contributed by atoms with Crippen molar-refractivity contribution in [2.75, 3.05) is 5.32 Å². The van der Waals surface area contributed by atoms with Crippen LogP contribution in [-0.2, 0) is 0 Å². The fourth-order valence-corrected chi connectivity index (χ4v) is 3.86. The van der Waals surface area contributed by atoms with Gasteiger partial charge in [0, 0.05) is 11.6 Å². The zero-order valence-electron chi connectivity index (χ0n) is 14.0. The Kier molecular flexibility index (Phi) is 3.89. The van der Waals surface area contributed by atoms with Crippen LogP contribution in [0.1, 0.15) is 20.9 Å². The molecule has 0 fully saturated rings. The van der Waals surface area contributed by atoms with Gasteiger partial charge in [-0.15, -0.1) is 11.3 Å². The molecule has 0 bridgehead atoms. The number of rotatable bonds is 3. The highest BCUT2D eigenvalue weighted by molar-refractivity contribution is 7.20. The number of aryl methyl sites for hydroxylation is 2. The van der Waals surface area contributed by atoms with Crippen LogP contribution in [0, 0.1) is 13.8 Å².